The molecule has 1 aromatic heterocycles. The second-order valence-electron chi connectivity index (χ2n) is 5.99. The molecule has 0 N–H and O–H groups in total. The highest BCUT2D eigenvalue weighted by atomic mass is 16.4. The molecule has 118 valence electrons. The lowest BCUT2D eigenvalue weighted by molar-refractivity contribution is 0.597. The number of hydrogen-bond acceptors (Lipinski definition) is 3. The molecule has 24 heavy (non-hydrogen) atoms. The zero-order chi connectivity index (χ0) is 16.5. The Bertz CT molecular complexity index is 970. The fourth-order valence-electron chi connectivity index (χ4n) is 2.83. The Morgan fingerprint density at radius 1 is 0.708 bits per heavy atom. The van der Waals surface area contributed by atoms with Crippen molar-refractivity contribution in [2.75, 3.05) is 19.0 Å². The summed E-state index contributed by atoms with van der Waals surface area (Å²) >= 11 is 0. The van der Waals surface area contributed by atoms with Crippen molar-refractivity contribution in [1.29, 1.82) is 0 Å². The van der Waals surface area contributed by atoms with Gasteiger partial charge in [-0.1, -0.05) is 66.7 Å². The molecule has 0 aliphatic rings. The Morgan fingerprint density at radius 3 is 2.08 bits per heavy atom. The minimum absolute atomic E-state index is 0.623. The van der Waals surface area contributed by atoms with Crippen LogP contribution in [0, 0.1) is 0 Å². The van der Waals surface area contributed by atoms with Crippen LogP contribution >= 0.6 is 0 Å². The number of anilines is 1. The molecule has 0 unspecified atom stereocenters. The molecular weight excluding hydrogens is 296 g/mol. The van der Waals surface area contributed by atoms with Gasteiger partial charge in [-0.25, -0.2) is 0 Å². The van der Waals surface area contributed by atoms with Gasteiger partial charge in [0.1, 0.15) is 5.52 Å². The van der Waals surface area contributed by atoms with Crippen LogP contribution in [0.1, 0.15) is 0 Å². The minimum atomic E-state index is 0.623. The summed E-state index contributed by atoms with van der Waals surface area (Å²) in [6.07, 6.45) is 0. The standard InChI is InChI=1S/C21H18N2O/c1-23(2)21-22-20-18(9-6-10-19(20)24-21)17-13-11-16(12-14-17)15-7-4-3-5-8-15/h3-14H,1-2H3. The van der Waals surface area contributed by atoms with Crippen molar-refractivity contribution in [1.82, 2.24) is 4.98 Å². The van der Waals surface area contributed by atoms with Gasteiger partial charge in [-0.15, -0.1) is 0 Å². The number of nitrogens with zero attached hydrogens (tertiary/aromatic N) is 2. The van der Waals surface area contributed by atoms with E-state index in [1.54, 1.807) is 0 Å². The van der Waals surface area contributed by atoms with Gasteiger partial charge in [-0.05, 0) is 22.8 Å². The van der Waals surface area contributed by atoms with E-state index in [4.69, 9.17) is 4.42 Å². The van der Waals surface area contributed by atoms with Gasteiger partial charge in [0.05, 0.1) is 0 Å². The van der Waals surface area contributed by atoms with Gasteiger partial charge in [0.15, 0.2) is 5.58 Å². The Balaban J connectivity index is 1.77. The van der Waals surface area contributed by atoms with Gasteiger partial charge in [0, 0.05) is 19.7 Å². The molecule has 3 nitrogen and oxygen atoms in total. The first-order valence-electron chi connectivity index (χ1n) is 7.95. The second-order valence-corrected chi connectivity index (χ2v) is 5.99. The number of aromatic nitrogens is 1. The largest absolute Gasteiger partial charge is 0.423 e. The molecule has 3 aromatic carbocycles. The van der Waals surface area contributed by atoms with E-state index in [1.165, 1.54) is 11.1 Å². The van der Waals surface area contributed by atoms with Crippen molar-refractivity contribution in [2.45, 2.75) is 0 Å². The quantitative estimate of drug-likeness (QED) is 0.518. The van der Waals surface area contributed by atoms with E-state index in [0.717, 1.165) is 22.2 Å². The number of hydrogen-bond donors (Lipinski definition) is 0. The third-order valence-corrected chi connectivity index (χ3v) is 4.09. The average Bonchev–Trinajstić information content (AvgIpc) is 3.07. The van der Waals surface area contributed by atoms with Crippen molar-refractivity contribution in [2.24, 2.45) is 0 Å². The van der Waals surface area contributed by atoms with E-state index < -0.39 is 0 Å². The number of fused-ring (bicyclic) bond motifs is 1. The topological polar surface area (TPSA) is 29.3 Å². The second kappa shape index (κ2) is 5.85. The zero-order valence-corrected chi connectivity index (χ0v) is 13.7. The Kier molecular flexibility index (Phi) is 3.54. The molecule has 0 saturated heterocycles. The Hall–Kier alpha value is -3.07. The lowest BCUT2D eigenvalue weighted by Crippen LogP contribution is -2.08. The van der Waals surface area contributed by atoms with Crippen LogP contribution in [0.3, 0.4) is 0 Å². The zero-order valence-electron chi connectivity index (χ0n) is 13.7. The van der Waals surface area contributed by atoms with E-state index in [9.17, 15) is 0 Å². The summed E-state index contributed by atoms with van der Waals surface area (Å²) in [6.45, 7) is 0. The summed E-state index contributed by atoms with van der Waals surface area (Å²) in [4.78, 5) is 6.51. The maximum absolute atomic E-state index is 5.80. The summed E-state index contributed by atoms with van der Waals surface area (Å²) in [5.74, 6) is 0. The third kappa shape index (κ3) is 2.54. The summed E-state index contributed by atoms with van der Waals surface area (Å²) in [5.41, 5.74) is 6.36. The van der Waals surface area contributed by atoms with Crippen LogP contribution in [-0.4, -0.2) is 19.1 Å². The SMILES string of the molecule is CN(C)c1nc2c(-c3ccc(-c4ccccc4)cc3)cccc2o1. The van der Waals surface area contributed by atoms with Gasteiger partial charge in [0.2, 0.25) is 0 Å². The molecule has 0 atom stereocenters. The first kappa shape index (κ1) is 14.5. The summed E-state index contributed by atoms with van der Waals surface area (Å²) in [7, 11) is 3.86. The molecule has 4 aromatic rings. The van der Waals surface area contributed by atoms with Gasteiger partial charge in [-0.2, -0.15) is 4.98 Å². The minimum Gasteiger partial charge on any atom is -0.423 e. The summed E-state index contributed by atoms with van der Waals surface area (Å²) in [6, 6.07) is 25.6. The Morgan fingerprint density at radius 2 is 1.38 bits per heavy atom. The number of rotatable bonds is 3. The molecular formula is C21H18N2O. The molecule has 0 aliphatic heterocycles. The molecule has 3 heteroatoms. The Labute approximate surface area is 141 Å². The first-order valence-corrected chi connectivity index (χ1v) is 7.95. The molecule has 0 fully saturated rings. The lowest BCUT2D eigenvalue weighted by atomic mass is 10.00. The lowest BCUT2D eigenvalue weighted by Gasteiger charge is -2.05. The van der Waals surface area contributed by atoms with Crippen molar-refractivity contribution >= 4 is 17.1 Å². The van der Waals surface area contributed by atoms with E-state index in [1.807, 2.05) is 37.2 Å². The third-order valence-electron chi connectivity index (χ3n) is 4.09. The molecule has 0 bridgehead atoms. The predicted molar refractivity (Wildman–Crippen MR) is 99.2 cm³/mol. The highest BCUT2D eigenvalue weighted by molar-refractivity contribution is 5.92. The van der Waals surface area contributed by atoms with Gasteiger partial charge >= 0.3 is 0 Å². The summed E-state index contributed by atoms with van der Waals surface area (Å²) < 4.78 is 5.80. The van der Waals surface area contributed by atoms with Gasteiger partial charge < -0.3 is 9.32 Å². The van der Waals surface area contributed by atoms with Crippen LogP contribution in [0.25, 0.3) is 33.4 Å². The fourth-order valence-corrected chi connectivity index (χ4v) is 2.83. The molecule has 0 aliphatic carbocycles. The number of benzene rings is 3. The van der Waals surface area contributed by atoms with Gasteiger partial charge in [-0.3, -0.25) is 0 Å². The maximum Gasteiger partial charge on any atom is 0.297 e. The first-order chi connectivity index (χ1) is 11.7. The molecule has 1 heterocycles. The van der Waals surface area contributed by atoms with Crippen molar-refractivity contribution in [3.05, 3.63) is 72.8 Å². The van der Waals surface area contributed by atoms with E-state index in [2.05, 4.69) is 59.6 Å². The fraction of sp³-hybridized carbons (Fsp3) is 0.0952. The normalized spacial score (nSPS) is 10.9. The van der Waals surface area contributed by atoms with Crippen molar-refractivity contribution in [3.63, 3.8) is 0 Å². The molecule has 0 spiro atoms. The van der Waals surface area contributed by atoms with E-state index in [0.29, 0.717) is 6.01 Å². The number of para-hydroxylation sites is 1. The van der Waals surface area contributed by atoms with Crippen molar-refractivity contribution < 1.29 is 4.42 Å². The van der Waals surface area contributed by atoms with Crippen LogP contribution in [-0.2, 0) is 0 Å². The molecule has 4 rings (SSSR count). The van der Waals surface area contributed by atoms with Crippen LogP contribution in [0.2, 0.25) is 0 Å². The molecule has 0 saturated carbocycles. The van der Waals surface area contributed by atoms with Crippen molar-refractivity contribution in [3.8, 4) is 22.3 Å². The summed E-state index contributed by atoms with van der Waals surface area (Å²) in [5, 5.41) is 0. The maximum atomic E-state index is 5.80. The highest BCUT2D eigenvalue weighted by Gasteiger charge is 2.12. The predicted octanol–water partition coefficient (Wildman–Crippen LogP) is 5.23. The smallest absolute Gasteiger partial charge is 0.297 e. The molecule has 0 amide bonds. The van der Waals surface area contributed by atoms with Crippen LogP contribution < -0.4 is 4.90 Å². The monoisotopic (exact) mass is 314 g/mol. The number of oxazole rings is 1. The van der Waals surface area contributed by atoms with Crippen LogP contribution in [0.4, 0.5) is 6.01 Å². The average molecular weight is 314 g/mol. The van der Waals surface area contributed by atoms with Crippen LogP contribution in [0.15, 0.2) is 77.2 Å². The molecule has 0 radical (unpaired) electrons. The van der Waals surface area contributed by atoms with Crippen LogP contribution in [0.5, 0.6) is 0 Å². The van der Waals surface area contributed by atoms with Gasteiger partial charge in [0.25, 0.3) is 6.01 Å². The van der Waals surface area contributed by atoms with E-state index in [-0.39, 0.29) is 0 Å². The highest BCUT2D eigenvalue weighted by Crippen LogP contribution is 2.32. The van der Waals surface area contributed by atoms with E-state index >= 15 is 0 Å².